The lowest BCUT2D eigenvalue weighted by atomic mass is 10.1. The van der Waals surface area contributed by atoms with Crippen LogP contribution in [0.5, 0.6) is 11.5 Å². The van der Waals surface area contributed by atoms with Crippen molar-refractivity contribution in [3.05, 3.63) is 93.3 Å². The third-order valence-corrected chi connectivity index (χ3v) is 6.49. The van der Waals surface area contributed by atoms with Gasteiger partial charge in [0.25, 0.3) is 5.91 Å². The number of thioether (sulfide) groups is 1. The minimum atomic E-state index is -0.553. The smallest absolute Gasteiger partial charge is 0.343 e. The Morgan fingerprint density at radius 3 is 2.48 bits per heavy atom. The van der Waals surface area contributed by atoms with E-state index in [-0.39, 0.29) is 22.4 Å². The standard InChI is InChI=1S/C25H18ClNO4S2/c1-15-8-6-7-11-19(15)27-23(28)21(33-25(27)32)14-16-12-18(26)22(20(13-16)30-2)31-24(29)17-9-4-3-5-10-17/h3-14H,1-2H3/b21-14-. The van der Waals surface area contributed by atoms with Gasteiger partial charge in [-0.3, -0.25) is 9.69 Å². The van der Waals surface area contributed by atoms with Crippen molar-refractivity contribution >= 4 is 63.5 Å². The molecular formula is C25H18ClNO4S2. The number of esters is 1. The Morgan fingerprint density at radius 1 is 1.09 bits per heavy atom. The van der Waals surface area contributed by atoms with E-state index in [1.54, 1.807) is 48.5 Å². The summed E-state index contributed by atoms with van der Waals surface area (Å²) in [4.78, 5) is 27.5. The molecule has 0 aromatic heterocycles. The summed E-state index contributed by atoms with van der Waals surface area (Å²) in [6.45, 7) is 1.93. The lowest BCUT2D eigenvalue weighted by Gasteiger charge is -2.16. The maximum Gasteiger partial charge on any atom is 0.343 e. The summed E-state index contributed by atoms with van der Waals surface area (Å²) in [5, 5.41) is 0.180. The third-order valence-electron chi connectivity index (χ3n) is 4.90. The second-order valence-corrected chi connectivity index (χ2v) is 9.18. The van der Waals surface area contributed by atoms with E-state index in [9.17, 15) is 9.59 Å². The van der Waals surface area contributed by atoms with Crippen molar-refractivity contribution in [3.63, 3.8) is 0 Å². The summed E-state index contributed by atoms with van der Waals surface area (Å²) in [5.74, 6) is -0.387. The highest BCUT2D eigenvalue weighted by Gasteiger charge is 2.34. The van der Waals surface area contributed by atoms with Crippen LogP contribution in [0.2, 0.25) is 5.02 Å². The molecule has 1 aliphatic heterocycles. The Balaban J connectivity index is 1.63. The number of hydrogen-bond acceptors (Lipinski definition) is 6. The van der Waals surface area contributed by atoms with Crippen molar-refractivity contribution in [1.82, 2.24) is 0 Å². The fraction of sp³-hybridized carbons (Fsp3) is 0.0800. The Kier molecular flexibility index (Phi) is 6.83. The molecule has 0 N–H and O–H groups in total. The molecule has 0 spiro atoms. The van der Waals surface area contributed by atoms with Gasteiger partial charge in [-0.1, -0.05) is 72.0 Å². The van der Waals surface area contributed by atoms with Crippen LogP contribution in [0.25, 0.3) is 6.08 Å². The number of thiocarbonyl (C=S) groups is 1. The summed E-state index contributed by atoms with van der Waals surface area (Å²) in [6.07, 6.45) is 1.69. The number of nitrogens with zero attached hydrogens (tertiary/aromatic N) is 1. The second-order valence-electron chi connectivity index (χ2n) is 7.09. The van der Waals surface area contributed by atoms with E-state index >= 15 is 0 Å². The molecule has 0 saturated carbocycles. The van der Waals surface area contributed by atoms with Crippen molar-refractivity contribution in [2.24, 2.45) is 0 Å². The highest BCUT2D eigenvalue weighted by molar-refractivity contribution is 8.27. The molecule has 8 heteroatoms. The first-order valence-corrected chi connectivity index (χ1v) is 11.5. The predicted molar refractivity (Wildman–Crippen MR) is 136 cm³/mol. The first-order valence-electron chi connectivity index (χ1n) is 9.87. The molecule has 1 aliphatic rings. The van der Waals surface area contributed by atoms with E-state index in [0.717, 1.165) is 11.3 Å². The quantitative estimate of drug-likeness (QED) is 0.180. The Labute approximate surface area is 205 Å². The minimum absolute atomic E-state index is 0.109. The first-order chi connectivity index (χ1) is 15.9. The van der Waals surface area contributed by atoms with Gasteiger partial charge >= 0.3 is 5.97 Å². The van der Waals surface area contributed by atoms with Crippen molar-refractivity contribution in [2.75, 3.05) is 12.0 Å². The molecule has 3 aromatic carbocycles. The SMILES string of the molecule is COc1cc(/C=C2\SC(=S)N(c3ccccc3C)C2=O)cc(Cl)c1OC(=O)c1ccccc1. The predicted octanol–water partition coefficient (Wildman–Crippen LogP) is 6.28. The third kappa shape index (κ3) is 4.80. The number of benzene rings is 3. The Morgan fingerprint density at radius 2 is 1.79 bits per heavy atom. The molecule has 0 atom stereocenters. The zero-order valence-electron chi connectivity index (χ0n) is 17.7. The van der Waals surface area contributed by atoms with E-state index in [1.165, 1.54) is 23.8 Å². The van der Waals surface area contributed by atoms with E-state index in [4.69, 9.17) is 33.3 Å². The van der Waals surface area contributed by atoms with Crippen LogP contribution in [-0.4, -0.2) is 23.3 Å². The molecule has 0 radical (unpaired) electrons. The lowest BCUT2D eigenvalue weighted by Crippen LogP contribution is -2.28. The monoisotopic (exact) mass is 495 g/mol. The number of aryl methyl sites for hydroxylation is 1. The molecular weight excluding hydrogens is 478 g/mol. The number of carbonyl (C=O) groups is 2. The summed E-state index contributed by atoms with van der Waals surface area (Å²) >= 11 is 13.1. The van der Waals surface area contributed by atoms with Gasteiger partial charge in [-0.2, -0.15) is 0 Å². The van der Waals surface area contributed by atoms with Crippen LogP contribution in [0.4, 0.5) is 5.69 Å². The number of hydrogen-bond donors (Lipinski definition) is 0. The van der Waals surface area contributed by atoms with Gasteiger partial charge in [0.15, 0.2) is 15.8 Å². The van der Waals surface area contributed by atoms with Gasteiger partial charge in [-0.05, 0) is 54.5 Å². The molecule has 1 heterocycles. The van der Waals surface area contributed by atoms with Gasteiger partial charge in [0.2, 0.25) is 0 Å². The number of rotatable bonds is 5. The zero-order valence-corrected chi connectivity index (χ0v) is 20.1. The molecule has 33 heavy (non-hydrogen) atoms. The van der Waals surface area contributed by atoms with Crippen LogP contribution in [0.3, 0.4) is 0 Å². The maximum absolute atomic E-state index is 13.1. The number of carbonyl (C=O) groups excluding carboxylic acids is 2. The van der Waals surface area contributed by atoms with Crippen LogP contribution in [0.15, 0.2) is 71.6 Å². The number of anilines is 1. The molecule has 1 saturated heterocycles. The number of amides is 1. The Hall–Kier alpha value is -3.13. The van der Waals surface area contributed by atoms with Gasteiger partial charge in [-0.25, -0.2) is 4.79 Å². The van der Waals surface area contributed by atoms with Crippen LogP contribution in [0, 0.1) is 6.92 Å². The van der Waals surface area contributed by atoms with E-state index < -0.39 is 5.97 Å². The number of methoxy groups -OCH3 is 1. The molecule has 1 amide bonds. The van der Waals surface area contributed by atoms with Crippen molar-refractivity contribution in [2.45, 2.75) is 6.92 Å². The molecule has 1 fully saturated rings. The van der Waals surface area contributed by atoms with E-state index in [0.29, 0.717) is 20.4 Å². The Bertz CT molecular complexity index is 1290. The van der Waals surface area contributed by atoms with E-state index in [2.05, 4.69) is 0 Å². The molecule has 0 unspecified atom stereocenters. The molecule has 3 aromatic rings. The molecule has 0 bridgehead atoms. The summed E-state index contributed by atoms with van der Waals surface area (Å²) in [6, 6.07) is 19.4. The minimum Gasteiger partial charge on any atom is -0.493 e. The number of halogens is 1. The largest absolute Gasteiger partial charge is 0.493 e. The average Bonchev–Trinajstić information content (AvgIpc) is 3.08. The van der Waals surface area contributed by atoms with Crippen LogP contribution in [-0.2, 0) is 4.79 Å². The molecule has 4 rings (SSSR count). The summed E-state index contributed by atoms with van der Waals surface area (Å²) in [7, 11) is 1.45. The number of ether oxygens (including phenoxy) is 2. The topological polar surface area (TPSA) is 55.8 Å². The zero-order chi connectivity index (χ0) is 23.5. The summed E-state index contributed by atoms with van der Waals surface area (Å²) in [5.41, 5.74) is 2.70. The second kappa shape index (κ2) is 9.79. The van der Waals surface area contributed by atoms with Crippen LogP contribution in [0.1, 0.15) is 21.5 Å². The average molecular weight is 496 g/mol. The van der Waals surface area contributed by atoms with Gasteiger partial charge in [0, 0.05) is 0 Å². The van der Waals surface area contributed by atoms with Gasteiger partial charge in [0.05, 0.1) is 28.3 Å². The molecule has 166 valence electrons. The highest BCUT2D eigenvalue weighted by Crippen LogP contribution is 2.40. The van der Waals surface area contributed by atoms with Crippen molar-refractivity contribution in [1.29, 1.82) is 0 Å². The maximum atomic E-state index is 13.1. The fourth-order valence-electron chi connectivity index (χ4n) is 3.29. The van der Waals surface area contributed by atoms with Gasteiger partial charge in [-0.15, -0.1) is 0 Å². The molecule has 0 aliphatic carbocycles. The number of para-hydroxylation sites is 1. The first kappa shape index (κ1) is 23.0. The normalized spacial score (nSPS) is 14.6. The van der Waals surface area contributed by atoms with Crippen LogP contribution < -0.4 is 14.4 Å². The van der Waals surface area contributed by atoms with Crippen molar-refractivity contribution in [3.8, 4) is 11.5 Å². The highest BCUT2D eigenvalue weighted by atomic mass is 35.5. The van der Waals surface area contributed by atoms with Gasteiger partial charge < -0.3 is 9.47 Å². The van der Waals surface area contributed by atoms with Gasteiger partial charge in [0.1, 0.15) is 0 Å². The lowest BCUT2D eigenvalue weighted by molar-refractivity contribution is -0.113. The van der Waals surface area contributed by atoms with E-state index in [1.807, 2.05) is 31.2 Å². The summed E-state index contributed by atoms with van der Waals surface area (Å²) < 4.78 is 11.3. The fourth-order valence-corrected chi connectivity index (χ4v) is 4.83. The van der Waals surface area contributed by atoms with Crippen molar-refractivity contribution < 1.29 is 19.1 Å². The molecule has 5 nitrogen and oxygen atoms in total. The van der Waals surface area contributed by atoms with Crippen LogP contribution >= 0.6 is 35.6 Å².